The molecule has 0 radical (unpaired) electrons. The molecule has 146 valence electrons. The van der Waals surface area contributed by atoms with Gasteiger partial charge < -0.3 is 0 Å². The Balaban J connectivity index is 1.93. The molecule has 4 aromatic rings. The average molecular weight is 398 g/mol. The van der Waals surface area contributed by atoms with E-state index in [0.717, 1.165) is 44.5 Å². The van der Waals surface area contributed by atoms with Crippen LogP contribution in [0.3, 0.4) is 0 Å². The summed E-state index contributed by atoms with van der Waals surface area (Å²) in [5.41, 5.74) is 17.5. The van der Waals surface area contributed by atoms with Crippen molar-refractivity contribution < 1.29 is 4.79 Å². The standard InChI is InChI=1S/C29H21N2/c30-31-29-27(23-17-9-3-10-18-23)25(21-13-5-1-6-14-21)26(22-15-7-2-8-16-22)28(29)24-19-11-4-12-20-24/h1-20,30H/q+1. The normalized spacial score (nSPS) is 13.5. The van der Waals surface area contributed by atoms with Gasteiger partial charge in [0.2, 0.25) is 0 Å². The van der Waals surface area contributed by atoms with Gasteiger partial charge in [0, 0.05) is 11.1 Å². The minimum Gasteiger partial charge on any atom is -0.0622 e. The van der Waals surface area contributed by atoms with E-state index in [1.807, 2.05) is 48.5 Å². The third-order valence-corrected chi connectivity index (χ3v) is 5.59. The van der Waals surface area contributed by atoms with Crippen molar-refractivity contribution in [2.24, 2.45) is 0 Å². The van der Waals surface area contributed by atoms with Crippen molar-refractivity contribution in [1.29, 1.82) is 5.53 Å². The van der Waals surface area contributed by atoms with Crippen LogP contribution in [-0.2, 0) is 0 Å². The van der Waals surface area contributed by atoms with E-state index in [4.69, 9.17) is 5.53 Å². The van der Waals surface area contributed by atoms with Gasteiger partial charge in [0.1, 0.15) is 0 Å². The maximum Gasteiger partial charge on any atom is 0.381 e. The van der Waals surface area contributed by atoms with E-state index < -0.39 is 0 Å². The van der Waals surface area contributed by atoms with E-state index in [-0.39, 0.29) is 0 Å². The summed E-state index contributed by atoms with van der Waals surface area (Å²) in [5.74, 6) is 0. The molecule has 0 saturated carbocycles. The van der Waals surface area contributed by atoms with E-state index in [2.05, 4.69) is 77.6 Å². The molecule has 0 fully saturated rings. The lowest BCUT2D eigenvalue weighted by atomic mass is 9.89. The maximum absolute atomic E-state index is 8.18. The molecule has 0 heterocycles. The molecular formula is C29H21N2+. The molecule has 0 amide bonds. The van der Waals surface area contributed by atoms with Gasteiger partial charge in [-0.05, 0) is 22.3 Å². The number of hydrogen-bond acceptors (Lipinski definition) is 1. The molecular weight excluding hydrogens is 376 g/mol. The van der Waals surface area contributed by atoms with Gasteiger partial charge in [0.05, 0.1) is 21.5 Å². The summed E-state index contributed by atoms with van der Waals surface area (Å²) in [6, 6.07) is 41.4. The molecule has 0 aromatic heterocycles. The van der Waals surface area contributed by atoms with Crippen molar-refractivity contribution in [2.75, 3.05) is 0 Å². The molecule has 2 nitrogen and oxygen atoms in total. The third kappa shape index (κ3) is 3.36. The van der Waals surface area contributed by atoms with Crippen LogP contribution in [0, 0.1) is 5.53 Å². The molecule has 5 rings (SSSR count). The molecule has 4 aromatic carbocycles. The summed E-state index contributed by atoms with van der Waals surface area (Å²) < 4.78 is 0. The van der Waals surface area contributed by atoms with Gasteiger partial charge in [-0.15, -0.1) is 0 Å². The summed E-state index contributed by atoms with van der Waals surface area (Å²) in [4.78, 5) is 4.11. The molecule has 0 saturated heterocycles. The zero-order valence-corrected chi connectivity index (χ0v) is 17.0. The largest absolute Gasteiger partial charge is 0.381 e. The summed E-state index contributed by atoms with van der Waals surface area (Å²) in [7, 11) is 0. The summed E-state index contributed by atoms with van der Waals surface area (Å²) in [5, 5.41) is 0. The first-order valence-electron chi connectivity index (χ1n) is 10.3. The van der Waals surface area contributed by atoms with Crippen LogP contribution in [0.1, 0.15) is 22.3 Å². The van der Waals surface area contributed by atoms with Crippen molar-refractivity contribution in [3.05, 3.63) is 144 Å². The van der Waals surface area contributed by atoms with Gasteiger partial charge in [-0.2, -0.15) is 0 Å². The number of hydrogen-bond donors (Lipinski definition) is 1. The van der Waals surface area contributed by atoms with E-state index in [1.54, 1.807) is 0 Å². The van der Waals surface area contributed by atoms with Crippen molar-refractivity contribution >= 4 is 28.0 Å². The number of allylic oxidation sites excluding steroid dienone is 4. The molecule has 1 aliphatic rings. The van der Waals surface area contributed by atoms with Crippen LogP contribution in [0.4, 0.5) is 0 Å². The Morgan fingerprint density at radius 2 is 0.613 bits per heavy atom. The van der Waals surface area contributed by atoms with Crippen molar-refractivity contribution in [3.63, 3.8) is 0 Å². The van der Waals surface area contributed by atoms with Crippen LogP contribution in [0.5, 0.6) is 0 Å². The van der Waals surface area contributed by atoms with Crippen molar-refractivity contribution in [2.45, 2.75) is 0 Å². The van der Waals surface area contributed by atoms with Crippen LogP contribution in [0.2, 0.25) is 0 Å². The van der Waals surface area contributed by atoms with Gasteiger partial charge in [0.15, 0.2) is 0 Å². The van der Waals surface area contributed by atoms with Crippen LogP contribution < -0.4 is 0 Å². The molecule has 0 bridgehead atoms. The fourth-order valence-corrected chi connectivity index (χ4v) is 4.28. The molecule has 0 spiro atoms. The Morgan fingerprint density at radius 1 is 0.355 bits per heavy atom. The summed E-state index contributed by atoms with van der Waals surface area (Å²) in [6.07, 6.45) is 0. The summed E-state index contributed by atoms with van der Waals surface area (Å²) in [6.45, 7) is 0. The molecule has 0 aliphatic heterocycles. The van der Waals surface area contributed by atoms with Crippen LogP contribution in [0.25, 0.3) is 22.3 Å². The van der Waals surface area contributed by atoms with Crippen LogP contribution in [-0.4, -0.2) is 10.5 Å². The van der Waals surface area contributed by atoms with Gasteiger partial charge in [-0.1, -0.05) is 121 Å². The number of benzene rings is 4. The molecule has 1 aliphatic carbocycles. The predicted octanol–water partition coefficient (Wildman–Crippen LogP) is 6.90. The highest BCUT2D eigenvalue weighted by molar-refractivity contribution is 6.59. The summed E-state index contributed by atoms with van der Waals surface area (Å²) >= 11 is 0. The van der Waals surface area contributed by atoms with Gasteiger partial charge in [-0.25, -0.2) is 0 Å². The molecule has 2 heteroatoms. The van der Waals surface area contributed by atoms with Crippen LogP contribution >= 0.6 is 0 Å². The SMILES string of the molecule is N=[N+]=C1C(c2ccccc2)=C(c2ccccc2)C(c2ccccc2)=C1c1ccccc1. The van der Waals surface area contributed by atoms with E-state index >= 15 is 0 Å². The lowest BCUT2D eigenvalue weighted by molar-refractivity contribution is -0.115. The fourth-order valence-electron chi connectivity index (χ4n) is 4.28. The highest BCUT2D eigenvalue weighted by atomic mass is 14.9. The van der Waals surface area contributed by atoms with Crippen molar-refractivity contribution in [3.8, 4) is 0 Å². The monoisotopic (exact) mass is 397 g/mol. The molecule has 31 heavy (non-hydrogen) atoms. The minimum atomic E-state index is 0.704. The fraction of sp³-hybridized carbons (Fsp3) is 0. The second kappa shape index (κ2) is 8.23. The smallest absolute Gasteiger partial charge is 0.0622 e. The second-order valence-corrected chi connectivity index (χ2v) is 7.42. The Kier molecular flexibility index (Phi) is 4.98. The maximum atomic E-state index is 8.18. The number of rotatable bonds is 4. The zero-order chi connectivity index (χ0) is 21.0. The Hall–Kier alpha value is -4.26. The Labute approximate surface area is 182 Å². The number of nitrogens with one attached hydrogen (secondary N) is 1. The highest BCUT2D eigenvalue weighted by Gasteiger charge is 2.40. The van der Waals surface area contributed by atoms with Gasteiger partial charge in [-0.3, -0.25) is 0 Å². The third-order valence-electron chi connectivity index (χ3n) is 5.59. The van der Waals surface area contributed by atoms with E-state index in [9.17, 15) is 0 Å². The first-order chi connectivity index (χ1) is 15.4. The lowest BCUT2D eigenvalue weighted by Crippen LogP contribution is -2.04. The van der Waals surface area contributed by atoms with E-state index in [0.29, 0.717) is 5.71 Å². The first-order valence-corrected chi connectivity index (χ1v) is 10.3. The molecule has 0 atom stereocenters. The lowest BCUT2D eigenvalue weighted by Gasteiger charge is -2.12. The van der Waals surface area contributed by atoms with Gasteiger partial charge in [0.25, 0.3) is 0 Å². The number of nitrogens with zero attached hydrogens (tertiary/aromatic N) is 1. The molecule has 1 N–H and O–H groups in total. The first kappa shape index (κ1) is 18.7. The van der Waals surface area contributed by atoms with Gasteiger partial charge >= 0.3 is 5.71 Å². The Bertz CT molecular complexity index is 1230. The second-order valence-electron chi connectivity index (χ2n) is 7.42. The van der Waals surface area contributed by atoms with E-state index in [1.165, 1.54) is 0 Å². The molecule has 0 unspecified atom stereocenters. The quantitative estimate of drug-likeness (QED) is 0.287. The van der Waals surface area contributed by atoms with Crippen LogP contribution in [0.15, 0.2) is 121 Å². The topological polar surface area (TPSA) is 38.0 Å². The minimum absolute atomic E-state index is 0.704. The zero-order valence-electron chi connectivity index (χ0n) is 17.0. The average Bonchev–Trinajstić information content (AvgIpc) is 3.21. The predicted molar refractivity (Wildman–Crippen MR) is 127 cm³/mol. The highest BCUT2D eigenvalue weighted by Crippen LogP contribution is 2.49. The van der Waals surface area contributed by atoms with Crippen molar-refractivity contribution in [1.82, 2.24) is 0 Å². The Morgan fingerprint density at radius 3 is 0.871 bits per heavy atom.